The van der Waals surface area contributed by atoms with Gasteiger partial charge in [0.2, 0.25) is 0 Å². The fourth-order valence-electron chi connectivity index (χ4n) is 2.14. The molecule has 2 aromatic rings. The Kier molecular flexibility index (Phi) is 4.26. The fraction of sp³-hybridized carbons (Fsp3) is 0.500. The van der Waals surface area contributed by atoms with E-state index in [1.165, 1.54) is 0 Å². The smallest absolute Gasteiger partial charge is 0.153 e. The highest BCUT2D eigenvalue weighted by atomic mass is 79.9. The van der Waals surface area contributed by atoms with Crippen LogP contribution in [0.15, 0.2) is 10.7 Å². The molecule has 2 aromatic heterocycles. The van der Waals surface area contributed by atoms with Crippen LogP contribution in [0.25, 0.3) is 0 Å². The third kappa shape index (κ3) is 2.66. The lowest BCUT2D eigenvalue weighted by Crippen LogP contribution is -2.23. The summed E-state index contributed by atoms with van der Waals surface area (Å²) < 4.78 is 2.51. The first-order valence-corrected chi connectivity index (χ1v) is 6.93. The van der Waals surface area contributed by atoms with Gasteiger partial charge in [-0.05, 0) is 42.4 Å². The molecular formula is C12H17BrN6. The zero-order chi connectivity index (χ0) is 14.0. The molecule has 6 nitrogen and oxygen atoms in total. The molecule has 19 heavy (non-hydrogen) atoms. The molecule has 0 aliphatic heterocycles. The van der Waals surface area contributed by atoms with Crippen LogP contribution in [0.1, 0.15) is 35.6 Å². The molecule has 0 amide bonds. The molecule has 0 radical (unpaired) electrons. The van der Waals surface area contributed by atoms with Gasteiger partial charge in [0.25, 0.3) is 0 Å². The first-order chi connectivity index (χ1) is 9.08. The van der Waals surface area contributed by atoms with E-state index in [1.807, 2.05) is 21.0 Å². The molecule has 0 fully saturated rings. The quantitative estimate of drug-likeness (QED) is 0.924. The number of aryl methyl sites for hydroxylation is 3. The Morgan fingerprint density at radius 3 is 2.63 bits per heavy atom. The molecule has 0 aromatic carbocycles. The van der Waals surface area contributed by atoms with Crippen molar-refractivity contribution in [3.05, 3.63) is 33.3 Å². The van der Waals surface area contributed by atoms with E-state index in [2.05, 4.69) is 54.7 Å². The van der Waals surface area contributed by atoms with Crippen LogP contribution in [0, 0.1) is 6.92 Å². The van der Waals surface area contributed by atoms with E-state index in [4.69, 9.17) is 0 Å². The SMILES string of the molecule is CCc1nnc(C)cc1C(NC)c1c(Br)nnn1C. The first kappa shape index (κ1) is 14.1. The van der Waals surface area contributed by atoms with E-state index >= 15 is 0 Å². The van der Waals surface area contributed by atoms with Crippen LogP contribution in [0.2, 0.25) is 0 Å². The Labute approximate surface area is 120 Å². The predicted octanol–water partition coefficient (Wildman–Crippen LogP) is 1.55. The van der Waals surface area contributed by atoms with Crippen molar-refractivity contribution in [1.82, 2.24) is 30.5 Å². The molecule has 0 saturated heterocycles. The summed E-state index contributed by atoms with van der Waals surface area (Å²) >= 11 is 3.45. The van der Waals surface area contributed by atoms with Crippen molar-refractivity contribution >= 4 is 15.9 Å². The minimum Gasteiger partial charge on any atom is -0.308 e. The zero-order valence-corrected chi connectivity index (χ0v) is 13.1. The molecule has 1 unspecified atom stereocenters. The number of aromatic nitrogens is 5. The Morgan fingerprint density at radius 1 is 1.37 bits per heavy atom. The molecule has 1 N–H and O–H groups in total. The summed E-state index contributed by atoms with van der Waals surface area (Å²) in [5.74, 6) is 0. The van der Waals surface area contributed by atoms with E-state index in [0.717, 1.165) is 33.7 Å². The largest absolute Gasteiger partial charge is 0.308 e. The van der Waals surface area contributed by atoms with E-state index in [9.17, 15) is 0 Å². The maximum Gasteiger partial charge on any atom is 0.153 e. The van der Waals surface area contributed by atoms with Crippen LogP contribution < -0.4 is 5.32 Å². The summed E-state index contributed by atoms with van der Waals surface area (Å²) in [6.07, 6.45) is 0.837. The first-order valence-electron chi connectivity index (χ1n) is 6.13. The lowest BCUT2D eigenvalue weighted by atomic mass is 10.0. The van der Waals surface area contributed by atoms with Crippen LogP contribution in [-0.4, -0.2) is 32.2 Å². The predicted molar refractivity (Wildman–Crippen MR) is 75.8 cm³/mol. The maximum atomic E-state index is 4.28. The van der Waals surface area contributed by atoms with Crippen molar-refractivity contribution in [2.24, 2.45) is 7.05 Å². The summed E-state index contributed by atoms with van der Waals surface area (Å²) in [5.41, 5.74) is 3.98. The molecule has 0 aliphatic carbocycles. The van der Waals surface area contributed by atoms with Crippen molar-refractivity contribution in [2.75, 3.05) is 7.05 Å². The molecule has 0 bridgehead atoms. The number of rotatable bonds is 4. The summed E-state index contributed by atoms with van der Waals surface area (Å²) in [6.45, 7) is 4.02. The Bertz CT molecular complexity index is 560. The Balaban J connectivity index is 2.57. The van der Waals surface area contributed by atoms with E-state index in [-0.39, 0.29) is 6.04 Å². The van der Waals surface area contributed by atoms with Gasteiger partial charge >= 0.3 is 0 Å². The molecule has 0 saturated carbocycles. The van der Waals surface area contributed by atoms with Crippen LogP contribution >= 0.6 is 15.9 Å². The standard InChI is InChI=1S/C12H17BrN6/c1-5-9-8(6-7(2)15-16-9)10(14-3)11-12(13)17-18-19(11)4/h6,10,14H,5H2,1-4H3. The van der Waals surface area contributed by atoms with E-state index < -0.39 is 0 Å². The summed E-state index contributed by atoms with van der Waals surface area (Å²) in [5, 5.41) is 19.8. The van der Waals surface area contributed by atoms with Gasteiger partial charge in [-0.2, -0.15) is 10.2 Å². The monoisotopic (exact) mass is 324 g/mol. The highest BCUT2D eigenvalue weighted by molar-refractivity contribution is 9.10. The van der Waals surface area contributed by atoms with E-state index in [1.54, 1.807) is 4.68 Å². The zero-order valence-electron chi connectivity index (χ0n) is 11.5. The third-order valence-electron chi connectivity index (χ3n) is 3.06. The number of halogens is 1. The Hall–Kier alpha value is -1.34. The highest BCUT2D eigenvalue weighted by Gasteiger charge is 2.23. The summed E-state index contributed by atoms with van der Waals surface area (Å²) in [6, 6.07) is 2.05. The van der Waals surface area contributed by atoms with Gasteiger partial charge in [0.15, 0.2) is 4.60 Å². The van der Waals surface area contributed by atoms with Crippen molar-refractivity contribution in [2.45, 2.75) is 26.3 Å². The number of hydrogen-bond donors (Lipinski definition) is 1. The second-order valence-electron chi connectivity index (χ2n) is 4.35. The van der Waals surface area contributed by atoms with Gasteiger partial charge in [0.05, 0.1) is 23.1 Å². The van der Waals surface area contributed by atoms with Crippen LogP contribution in [0.5, 0.6) is 0 Å². The van der Waals surface area contributed by atoms with Gasteiger partial charge in [-0.1, -0.05) is 12.1 Å². The second kappa shape index (κ2) is 5.75. The van der Waals surface area contributed by atoms with Gasteiger partial charge in [-0.15, -0.1) is 5.10 Å². The van der Waals surface area contributed by atoms with Gasteiger partial charge in [-0.3, -0.25) is 0 Å². The lowest BCUT2D eigenvalue weighted by Gasteiger charge is -2.19. The summed E-state index contributed by atoms with van der Waals surface area (Å²) in [4.78, 5) is 0. The number of nitrogens with one attached hydrogen (secondary N) is 1. The minimum absolute atomic E-state index is 0.0153. The molecule has 2 heterocycles. The molecule has 0 spiro atoms. The summed E-state index contributed by atoms with van der Waals surface area (Å²) in [7, 11) is 3.80. The van der Waals surface area contributed by atoms with Gasteiger partial charge < -0.3 is 5.32 Å². The minimum atomic E-state index is -0.0153. The van der Waals surface area contributed by atoms with Crippen LogP contribution in [0.3, 0.4) is 0 Å². The van der Waals surface area contributed by atoms with E-state index in [0.29, 0.717) is 0 Å². The molecular weight excluding hydrogens is 308 g/mol. The van der Waals surface area contributed by atoms with Crippen molar-refractivity contribution < 1.29 is 0 Å². The van der Waals surface area contributed by atoms with Crippen LogP contribution in [-0.2, 0) is 13.5 Å². The van der Waals surface area contributed by atoms with Gasteiger partial charge in [0.1, 0.15) is 0 Å². The molecule has 0 aliphatic rings. The number of nitrogens with zero attached hydrogens (tertiary/aromatic N) is 5. The second-order valence-corrected chi connectivity index (χ2v) is 5.10. The molecule has 102 valence electrons. The maximum absolute atomic E-state index is 4.28. The molecule has 7 heteroatoms. The Morgan fingerprint density at radius 2 is 2.11 bits per heavy atom. The van der Waals surface area contributed by atoms with Gasteiger partial charge in [0, 0.05) is 12.6 Å². The normalized spacial score (nSPS) is 12.7. The molecule has 1 atom stereocenters. The van der Waals surface area contributed by atoms with Crippen LogP contribution in [0.4, 0.5) is 0 Å². The topological polar surface area (TPSA) is 68.5 Å². The van der Waals surface area contributed by atoms with Crippen molar-refractivity contribution in [3.63, 3.8) is 0 Å². The van der Waals surface area contributed by atoms with Crippen molar-refractivity contribution in [1.29, 1.82) is 0 Å². The van der Waals surface area contributed by atoms with Crippen molar-refractivity contribution in [3.8, 4) is 0 Å². The molecule has 2 rings (SSSR count). The fourth-order valence-corrected chi connectivity index (χ4v) is 2.70. The highest BCUT2D eigenvalue weighted by Crippen LogP contribution is 2.28. The lowest BCUT2D eigenvalue weighted by molar-refractivity contribution is 0.588. The third-order valence-corrected chi connectivity index (χ3v) is 3.63. The van der Waals surface area contributed by atoms with Gasteiger partial charge in [-0.25, -0.2) is 4.68 Å². The number of hydrogen-bond acceptors (Lipinski definition) is 5. The average Bonchev–Trinajstić information content (AvgIpc) is 2.72. The average molecular weight is 325 g/mol.